The summed E-state index contributed by atoms with van der Waals surface area (Å²) >= 11 is 0. The third kappa shape index (κ3) is 4.12. The Morgan fingerprint density at radius 1 is 1.11 bits per heavy atom. The lowest BCUT2D eigenvalue weighted by molar-refractivity contribution is -0.100. The van der Waals surface area contributed by atoms with E-state index in [4.69, 9.17) is 4.65 Å². The number of rotatable bonds is 5. The minimum atomic E-state index is -1.01. The van der Waals surface area contributed by atoms with Crippen LogP contribution in [0.25, 0.3) is 0 Å². The number of benzene rings is 1. The van der Waals surface area contributed by atoms with Crippen LogP contribution in [-0.4, -0.2) is 28.5 Å². The van der Waals surface area contributed by atoms with Gasteiger partial charge in [-0.1, -0.05) is 35.4 Å². The summed E-state index contributed by atoms with van der Waals surface area (Å²) < 4.78 is 5.54. The Morgan fingerprint density at radius 3 is 2.06 bits per heavy atom. The number of hydrogen-bond acceptors (Lipinski definition) is 3. The van der Waals surface area contributed by atoms with Crippen LogP contribution >= 0.6 is 0 Å². The lowest BCUT2D eigenvalue weighted by Crippen LogP contribution is -2.50. The Labute approximate surface area is 110 Å². The van der Waals surface area contributed by atoms with Crippen molar-refractivity contribution in [3.8, 4) is 0 Å². The van der Waals surface area contributed by atoms with Gasteiger partial charge in [0.2, 0.25) is 0 Å². The lowest BCUT2D eigenvalue weighted by Gasteiger charge is -2.38. The van der Waals surface area contributed by atoms with Gasteiger partial charge in [0.05, 0.1) is 11.2 Å². The second kappa shape index (κ2) is 5.43. The van der Waals surface area contributed by atoms with Crippen LogP contribution in [0.1, 0.15) is 38.8 Å². The summed E-state index contributed by atoms with van der Waals surface area (Å²) in [5, 5.41) is 19.9. The zero-order chi connectivity index (χ0) is 14.0. The lowest BCUT2D eigenvalue weighted by atomic mass is 9.78. The summed E-state index contributed by atoms with van der Waals surface area (Å²) in [7, 11) is -0.922. The van der Waals surface area contributed by atoms with E-state index in [-0.39, 0.29) is 0 Å². The maximum Gasteiger partial charge on any atom is 0.459 e. The van der Waals surface area contributed by atoms with Crippen LogP contribution in [0.4, 0.5) is 0 Å². The molecular weight excluding hydrogens is 227 g/mol. The second-order valence-corrected chi connectivity index (χ2v) is 5.83. The van der Waals surface area contributed by atoms with Crippen LogP contribution in [0.3, 0.4) is 0 Å². The van der Waals surface area contributed by atoms with Gasteiger partial charge in [-0.05, 0) is 34.6 Å². The minimum Gasteiger partial charge on any atom is -0.427 e. The maximum absolute atomic E-state index is 9.96. The SMILES string of the molecule is Cc1ccc(CB(O)OC(C)(C)C(C)(C)O)cc1. The van der Waals surface area contributed by atoms with Crippen molar-refractivity contribution in [2.24, 2.45) is 0 Å². The van der Waals surface area contributed by atoms with Crippen molar-refractivity contribution >= 4 is 7.12 Å². The van der Waals surface area contributed by atoms with Crippen LogP contribution in [0, 0.1) is 6.92 Å². The number of aryl methyl sites for hydroxylation is 1. The molecule has 1 aromatic carbocycles. The molecular formula is C14H23BO3. The molecule has 100 valence electrons. The molecule has 0 aliphatic heterocycles. The molecule has 0 amide bonds. The molecule has 0 aromatic heterocycles. The highest BCUT2D eigenvalue weighted by molar-refractivity contribution is 6.42. The standard InChI is InChI=1S/C14H23BO3/c1-11-6-8-12(9-7-11)10-15(17)18-14(4,5)13(2,3)16/h6-9,16-17H,10H2,1-5H3. The van der Waals surface area contributed by atoms with Crippen LogP contribution in [-0.2, 0) is 11.0 Å². The molecule has 18 heavy (non-hydrogen) atoms. The predicted octanol–water partition coefficient (Wildman–Crippen LogP) is 2.12. The van der Waals surface area contributed by atoms with Crippen molar-refractivity contribution in [1.29, 1.82) is 0 Å². The van der Waals surface area contributed by atoms with Gasteiger partial charge in [-0.15, -0.1) is 0 Å². The molecule has 1 rings (SSSR count). The highest BCUT2D eigenvalue weighted by atomic mass is 16.5. The second-order valence-electron chi connectivity index (χ2n) is 5.83. The van der Waals surface area contributed by atoms with Gasteiger partial charge in [-0.25, -0.2) is 0 Å². The van der Waals surface area contributed by atoms with Crippen molar-refractivity contribution in [2.75, 3.05) is 0 Å². The first-order chi connectivity index (χ1) is 8.12. The molecule has 0 bridgehead atoms. The van der Waals surface area contributed by atoms with Gasteiger partial charge in [0.15, 0.2) is 0 Å². The van der Waals surface area contributed by atoms with Crippen molar-refractivity contribution < 1.29 is 14.8 Å². The van der Waals surface area contributed by atoms with Crippen molar-refractivity contribution in [1.82, 2.24) is 0 Å². The van der Waals surface area contributed by atoms with E-state index in [1.807, 2.05) is 31.2 Å². The molecule has 0 aliphatic rings. The first kappa shape index (κ1) is 15.2. The van der Waals surface area contributed by atoms with Gasteiger partial charge >= 0.3 is 7.12 Å². The molecule has 0 spiro atoms. The fraction of sp³-hybridized carbons (Fsp3) is 0.571. The van der Waals surface area contributed by atoms with E-state index in [9.17, 15) is 10.1 Å². The number of aliphatic hydroxyl groups is 1. The van der Waals surface area contributed by atoms with E-state index in [1.54, 1.807) is 27.7 Å². The third-order valence-corrected chi connectivity index (χ3v) is 3.43. The highest BCUT2D eigenvalue weighted by Crippen LogP contribution is 2.25. The Balaban J connectivity index is 2.62. The summed E-state index contributed by atoms with van der Waals surface area (Å²) in [6.07, 6.45) is 0.416. The molecule has 0 saturated carbocycles. The average Bonchev–Trinajstić information content (AvgIpc) is 2.19. The van der Waals surface area contributed by atoms with E-state index < -0.39 is 18.3 Å². The minimum absolute atomic E-state index is 0.416. The monoisotopic (exact) mass is 250 g/mol. The van der Waals surface area contributed by atoms with E-state index in [2.05, 4.69) is 0 Å². The van der Waals surface area contributed by atoms with E-state index in [1.165, 1.54) is 5.56 Å². The molecule has 3 nitrogen and oxygen atoms in total. The summed E-state index contributed by atoms with van der Waals surface area (Å²) in [5.41, 5.74) is 0.379. The molecule has 0 saturated heterocycles. The zero-order valence-electron chi connectivity index (χ0n) is 11.9. The first-order valence-corrected chi connectivity index (χ1v) is 6.25. The van der Waals surface area contributed by atoms with Gasteiger partial charge in [-0.2, -0.15) is 0 Å². The third-order valence-electron chi connectivity index (χ3n) is 3.43. The zero-order valence-corrected chi connectivity index (χ0v) is 11.9. The van der Waals surface area contributed by atoms with Crippen molar-refractivity contribution in [3.63, 3.8) is 0 Å². The summed E-state index contributed by atoms with van der Waals surface area (Å²) in [6.45, 7) is 8.90. The van der Waals surface area contributed by atoms with Gasteiger partial charge in [-0.3, -0.25) is 0 Å². The van der Waals surface area contributed by atoms with Crippen molar-refractivity contribution in [3.05, 3.63) is 35.4 Å². The van der Waals surface area contributed by atoms with Gasteiger partial charge in [0, 0.05) is 6.32 Å². The first-order valence-electron chi connectivity index (χ1n) is 6.25. The molecule has 1 aromatic rings. The molecule has 0 unspecified atom stereocenters. The molecule has 0 fully saturated rings. The van der Waals surface area contributed by atoms with Gasteiger partial charge in [0.1, 0.15) is 0 Å². The quantitative estimate of drug-likeness (QED) is 0.787. The highest BCUT2D eigenvalue weighted by Gasteiger charge is 2.38. The smallest absolute Gasteiger partial charge is 0.427 e. The fourth-order valence-corrected chi connectivity index (χ4v) is 1.45. The van der Waals surface area contributed by atoms with Crippen molar-refractivity contribution in [2.45, 2.75) is 52.1 Å². The maximum atomic E-state index is 9.96. The Kier molecular flexibility index (Phi) is 4.59. The fourth-order valence-electron chi connectivity index (χ4n) is 1.45. The summed E-state index contributed by atoms with van der Waals surface area (Å²) in [6, 6.07) is 7.95. The van der Waals surface area contributed by atoms with Crippen LogP contribution in [0.15, 0.2) is 24.3 Å². The number of hydrogen-bond donors (Lipinski definition) is 2. The largest absolute Gasteiger partial charge is 0.459 e. The Morgan fingerprint density at radius 2 is 1.61 bits per heavy atom. The molecule has 2 N–H and O–H groups in total. The predicted molar refractivity (Wildman–Crippen MR) is 74.3 cm³/mol. The van der Waals surface area contributed by atoms with Gasteiger partial charge in [0.25, 0.3) is 0 Å². The molecule has 4 heteroatoms. The van der Waals surface area contributed by atoms with Crippen LogP contribution in [0.2, 0.25) is 0 Å². The van der Waals surface area contributed by atoms with Crippen LogP contribution < -0.4 is 0 Å². The topological polar surface area (TPSA) is 49.7 Å². The Bertz CT molecular complexity index is 379. The average molecular weight is 250 g/mol. The Hall–Kier alpha value is -0.835. The molecule has 0 atom stereocenters. The van der Waals surface area contributed by atoms with E-state index in [0.29, 0.717) is 6.32 Å². The summed E-state index contributed by atoms with van der Waals surface area (Å²) in [4.78, 5) is 0. The van der Waals surface area contributed by atoms with E-state index >= 15 is 0 Å². The molecule has 0 radical (unpaired) electrons. The molecule has 0 aliphatic carbocycles. The normalized spacial score (nSPS) is 12.6. The van der Waals surface area contributed by atoms with Gasteiger partial charge < -0.3 is 14.8 Å². The van der Waals surface area contributed by atoms with E-state index in [0.717, 1.165) is 5.56 Å². The summed E-state index contributed by atoms with van der Waals surface area (Å²) in [5.74, 6) is 0. The molecule has 0 heterocycles. The van der Waals surface area contributed by atoms with Crippen LogP contribution in [0.5, 0.6) is 0 Å².